The molecule has 0 spiro atoms. The van der Waals surface area contributed by atoms with Crippen LogP contribution in [-0.4, -0.2) is 27.5 Å². The van der Waals surface area contributed by atoms with Crippen LogP contribution in [0.25, 0.3) is 0 Å². The maximum Gasteiger partial charge on any atom is 0.305 e. The summed E-state index contributed by atoms with van der Waals surface area (Å²) in [5, 5.41) is 0. The van der Waals surface area contributed by atoms with Gasteiger partial charge in [0.25, 0.3) is 0 Å². The number of hydrogen-bond donors (Lipinski definition) is 0. The van der Waals surface area contributed by atoms with Crippen molar-refractivity contribution in [3.05, 3.63) is 0 Å². The summed E-state index contributed by atoms with van der Waals surface area (Å²) < 4.78 is 11.5. The largest absolute Gasteiger partial charge is 0.469 e. The fraction of sp³-hybridized carbons (Fsp3) is 0.964. The van der Waals surface area contributed by atoms with Gasteiger partial charge in [-0.05, 0) is 130 Å². The molecule has 0 aromatic rings. The van der Waals surface area contributed by atoms with Crippen LogP contribution in [0.5, 0.6) is 0 Å². The lowest BCUT2D eigenvalue weighted by Gasteiger charge is -2.61. The first kappa shape index (κ1) is 24.8. The molecule has 0 saturated heterocycles. The van der Waals surface area contributed by atoms with Crippen molar-refractivity contribution in [2.75, 3.05) is 7.11 Å². The first-order valence-electron chi connectivity index (χ1n) is 13.7. The summed E-state index contributed by atoms with van der Waals surface area (Å²) in [6.07, 6.45) is 14.6. The zero-order valence-electron chi connectivity index (χ0n) is 22.0. The molecule has 4 aliphatic rings. The van der Waals surface area contributed by atoms with Gasteiger partial charge in [0.2, 0.25) is 0 Å². The van der Waals surface area contributed by atoms with Gasteiger partial charge in [-0.2, -0.15) is 0 Å². The van der Waals surface area contributed by atoms with Crippen LogP contribution in [0.1, 0.15) is 91.4 Å². The van der Waals surface area contributed by atoms with Crippen LogP contribution in [0, 0.1) is 46.3 Å². The molecule has 0 amide bonds. The van der Waals surface area contributed by atoms with Crippen molar-refractivity contribution in [2.45, 2.75) is 117 Å². The van der Waals surface area contributed by atoms with E-state index in [1.165, 1.54) is 64.9 Å². The van der Waals surface area contributed by atoms with E-state index in [1.807, 2.05) is 0 Å². The average molecular weight is 463 g/mol. The minimum absolute atomic E-state index is 0.0415. The predicted octanol–water partition coefficient (Wildman–Crippen LogP) is 7.45. The zero-order chi connectivity index (χ0) is 23.3. The lowest BCUT2D eigenvalue weighted by Crippen LogP contribution is -2.54. The second-order valence-electron chi connectivity index (χ2n) is 13.6. The highest BCUT2D eigenvalue weighted by Crippen LogP contribution is 2.68. The Morgan fingerprint density at radius 1 is 0.969 bits per heavy atom. The SMILES string of the molecule is COC(=O)CCC(C)C1CCC2C3CC[C@@H]4C[C@@H](O[Si](C)(C)C)CCC4(C)C3CCC12C. The van der Waals surface area contributed by atoms with Crippen LogP contribution in [0.3, 0.4) is 0 Å². The Morgan fingerprint density at radius 2 is 1.66 bits per heavy atom. The van der Waals surface area contributed by atoms with Gasteiger partial charge in [0.1, 0.15) is 0 Å². The third kappa shape index (κ3) is 4.49. The van der Waals surface area contributed by atoms with Crippen LogP contribution in [0.15, 0.2) is 0 Å². The van der Waals surface area contributed by atoms with Gasteiger partial charge in [0.05, 0.1) is 7.11 Å². The van der Waals surface area contributed by atoms with Crippen LogP contribution >= 0.6 is 0 Å². The molecule has 0 N–H and O–H groups in total. The summed E-state index contributed by atoms with van der Waals surface area (Å²) in [5.41, 5.74) is 1.02. The van der Waals surface area contributed by atoms with Gasteiger partial charge in [-0.3, -0.25) is 4.79 Å². The smallest absolute Gasteiger partial charge is 0.305 e. The highest BCUT2D eigenvalue weighted by Gasteiger charge is 2.60. The lowest BCUT2D eigenvalue weighted by molar-refractivity contribution is -0.141. The molecule has 184 valence electrons. The second kappa shape index (κ2) is 9.02. The predicted molar refractivity (Wildman–Crippen MR) is 134 cm³/mol. The summed E-state index contributed by atoms with van der Waals surface area (Å²) in [4.78, 5) is 11.7. The quantitative estimate of drug-likeness (QED) is 0.303. The Hall–Kier alpha value is -0.353. The maximum absolute atomic E-state index is 11.7. The first-order chi connectivity index (χ1) is 15.0. The Kier molecular flexibility index (Phi) is 6.98. The molecule has 4 aliphatic carbocycles. The summed E-state index contributed by atoms with van der Waals surface area (Å²) in [6.45, 7) is 14.8. The third-order valence-corrected chi connectivity index (χ3v) is 12.0. The molecular weight excluding hydrogens is 412 g/mol. The Balaban J connectivity index is 1.44. The van der Waals surface area contributed by atoms with Crippen molar-refractivity contribution in [1.29, 1.82) is 0 Å². The summed E-state index contributed by atoms with van der Waals surface area (Å²) in [5.74, 6) is 5.00. The molecule has 4 saturated carbocycles. The molecule has 0 bridgehead atoms. The molecular formula is C28H50O3Si. The molecule has 4 heteroatoms. The van der Waals surface area contributed by atoms with Crippen molar-refractivity contribution in [3.8, 4) is 0 Å². The third-order valence-electron chi connectivity index (χ3n) is 10.9. The Labute approximate surface area is 198 Å². The molecule has 32 heavy (non-hydrogen) atoms. The summed E-state index contributed by atoms with van der Waals surface area (Å²) in [6, 6.07) is 0. The van der Waals surface area contributed by atoms with Gasteiger partial charge < -0.3 is 9.16 Å². The number of carbonyl (C=O) groups is 1. The number of rotatable bonds is 6. The molecule has 0 heterocycles. The Morgan fingerprint density at radius 3 is 2.34 bits per heavy atom. The number of ether oxygens (including phenoxy) is 1. The van der Waals surface area contributed by atoms with Gasteiger partial charge in [0, 0.05) is 12.5 Å². The van der Waals surface area contributed by atoms with E-state index in [1.54, 1.807) is 0 Å². The van der Waals surface area contributed by atoms with Crippen molar-refractivity contribution in [1.82, 2.24) is 0 Å². The molecule has 4 rings (SSSR count). The fourth-order valence-electron chi connectivity index (χ4n) is 9.45. The van der Waals surface area contributed by atoms with E-state index in [0.717, 1.165) is 36.0 Å². The highest BCUT2D eigenvalue weighted by molar-refractivity contribution is 6.69. The van der Waals surface area contributed by atoms with E-state index in [2.05, 4.69) is 40.4 Å². The number of methoxy groups -OCH3 is 1. The average Bonchev–Trinajstić information content (AvgIpc) is 3.08. The Bertz CT molecular complexity index is 687. The van der Waals surface area contributed by atoms with E-state index in [-0.39, 0.29) is 5.97 Å². The van der Waals surface area contributed by atoms with Crippen molar-refractivity contribution < 1.29 is 14.0 Å². The van der Waals surface area contributed by atoms with Gasteiger partial charge in [-0.25, -0.2) is 0 Å². The van der Waals surface area contributed by atoms with Crippen molar-refractivity contribution in [3.63, 3.8) is 0 Å². The standard InChI is InChI=1S/C28H50O3Si/c1-19(8-13-26(29)30-4)23-11-12-24-22-10-9-20-18-21(31-32(5,6)7)14-16-27(20,2)25(22)15-17-28(23,24)3/h19-25H,8-18H2,1-7H3/t19?,20-,21+,22?,23?,24?,25?,27?,28?/m1/s1. The minimum Gasteiger partial charge on any atom is -0.469 e. The molecule has 0 aromatic heterocycles. The van der Waals surface area contributed by atoms with Gasteiger partial charge >= 0.3 is 5.97 Å². The van der Waals surface area contributed by atoms with Crippen molar-refractivity contribution in [2.24, 2.45) is 46.3 Å². The van der Waals surface area contributed by atoms with Crippen LogP contribution in [0.4, 0.5) is 0 Å². The molecule has 4 fully saturated rings. The molecule has 0 radical (unpaired) electrons. The van der Waals surface area contributed by atoms with E-state index in [0.29, 0.717) is 29.3 Å². The zero-order valence-corrected chi connectivity index (χ0v) is 23.0. The normalized spacial score (nSPS) is 44.8. The van der Waals surface area contributed by atoms with Gasteiger partial charge in [0.15, 0.2) is 8.32 Å². The first-order valence-corrected chi connectivity index (χ1v) is 17.1. The maximum atomic E-state index is 11.7. The molecule has 7 unspecified atom stereocenters. The number of fused-ring (bicyclic) bond motifs is 5. The molecule has 3 nitrogen and oxygen atoms in total. The summed E-state index contributed by atoms with van der Waals surface area (Å²) >= 11 is 0. The fourth-order valence-corrected chi connectivity index (χ4v) is 10.7. The van der Waals surface area contributed by atoms with E-state index < -0.39 is 8.32 Å². The van der Waals surface area contributed by atoms with E-state index >= 15 is 0 Å². The van der Waals surface area contributed by atoms with Crippen LogP contribution in [0.2, 0.25) is 19.6 Å². The highest BCUT2D eigenvalue weighted by atomic mass is 28.4. The number of carbonyl (C=O) groups excluding carboxylic acids is 1. The second-order valence-corrected chi connectivity index (χ2v) is 18.1. The van der Waals surface area contributed by atoms with Crippen LogP contribution < -0.4 is 0 Å². The molecule has 9 atom stereocenters. The molecule has 0 aliphatic heterocycles. The van der Waals surface area contributed by atoms with E-state index in [9.17, 15) is 4.79 Å². The lowest BCUT2D eigenvalue weighted by atomic mass is 9.44. The number of esters is 1. The molecule has 0 aromatic carbocycles. The monoisotopic (exact) mass is 462 g/mol. The number of hydrogen-bond acceptors (Lipinski definition) is 3. The van der Waals surface area contributed by atoms with Crippen molar-refractivity contribution >= 4 is 14.3 Å². The minimum atomic E-state index is -1.45. The topological polar surface area (TPSA) is 35.5 Å². The van der Waals surface area contributed by atoms with Crippen LogP contribution in [-0.2, 0) is 14.0 Å². The van der Waals surface area contributed by atoms with Gasteiger partial charge in [-0.1, -0.05) is 20.8 Å². The van der Waals surface area contributed by atoms with E-state index in [4.69, 9.17) is 9.16 Å². The summed E-state index contributed by atoms with van der Waals surface area (Å²) in [7, 11) is 0.0649. The van der Waals surface area contributed by atoms with Gasteiger partial charge in [-0.15, -0.1) is 0 Å².